The van der Waals surface area contributed by atoms with Crippen LogP contribution >= 0.6 is 0 Å². The van der Waals surface area contributed by atoms with E-state index in [-0.39, 0.29) is 0 Å². The molecule has 5 nitrogen and oxygen atoms in total. The Morgan fingerprint density at radius 1 is 1.64 bits per heavy atom. The van der Waals surface area contributed by atoms with Gasteiger partial charge in [-0.05, 0) is 6.92 Å². The number of carbonyl (C=O) groups excluding carboxylic acids is 1. The van der Waals surface area contributed by atoms with E-state index < -0.39 is 28.6 Å². The molecule has 6 heteroatoms. The molecule has 1 unspecified atom stereocenters. The molecule has 0 aromatic heterocycles. The van der Waals surface area contributed by atoms with Crippen molar-refractivity contribution < 1.29 is 22.5 Å². The van der Waals surface area contributed by atoms with Gasteiger partial charge in [0.25, 0.3) is 0 Å². The Labute approximate surface area is 65.1 Å². The minimum atomic E-state index is -3.74. The predicted molar refractivity (Wildman–Crippen MR) is 37.2 cm³/mol. The summed E-state index contributed by atoms with van der Waals surface area (Å²) in [6.45, 7) is 0.946. The van der Waals surface area contributed by atoms with Gasteiger partial charge < -0.3 is 9.29 Å². The van der Waals surface area contributed by atoms with E-state index in [0.717, 1.165) is 6.26 Å². The maximum Gasteiger partial charge on any atom is 0.327 e. The zero-order valence-electron chi connectivity index (χ0n) is 6.27. The number of hydrogen-bond acceptors (Lipinski definition) is 5. The lowest BCUT2D eigenvalue weighted by atomic mass is 10.2. The van der Waals surface area contributed by atoms with Gasteiger partial charge in [-0.25, -0.2) is 0 Å². The van der Waals surface area contributed by atoms with Gasteiger partial charge in [-0.1, -0.05) is 0 Å². The summed E-state index contributed by atoms with van der Waals surface area (Å²) >= 11 is 0. The molecule has 0 saturated carbocycles. The normalized spacial score (nSPS) is 14.1. The first-order valence-electron chi connectivity index (χ1n) is 2.91. The molecule has 0 aliphatic carbocycles. The van der Waals surface area contributed by atoms with Gasteiger partial charge in [0, 0.05) is 0 Å². The summed E-state index contributed by atoms with van der Waals surface area (Å²) in [6.07, 6.45) is 0.773. The Bertz CT molecular complexity index is 229. The third kappa shape index (κ3) is 4.74. The van der Waals surface area contributed by atoms with Gasteiger partial charge in [0.05, 0.1) is 18.8 Å². The van der Waals surface area contributed by atoms with E-state index in [2.05, 4.69) is 4.18 Å². The topological polar surface area (TPSA) is 80.7 Å². The lowest BCUT2D eigenvalue weighted by Gasteiger charge is -2.04. The van der Waals surface area contributed by atoms with Crippen LogP contribution in [0.25, 0.3) is 0 Å². The summed E-state index contributed by atoms with van der Waals surface area (Å²) in [5.74, 6) is -1.74. The van der Waals surface area contributed by atoms with Crippen LogP contribution in [-0.2, 0) is 19.1 Å². The predicted octanol–water partition coefficient (Wildman–Crippen LogP) is -0.882. The Kier molecular flexibility index (Phi) is 3.47. The van der Waals surface area contributed by atoms with Gasteiger partial charge in [0.1, 0.15) is 0 Å². The van der Waals surface area contributed by atoms with Crippen LogP contribution in [0, 0.1) is 5.92 Å². The standard InChI is InChI=1S/C5H10O5S/c1-4(3-6)5(7)10-11(2,8)9/h4,6H,3H2,1-2H3. The summed E-state index contributed by atoms with van der Waals surface area (Å²) in [4.78, 5) is 10.6. The highest BCUT2D eigenvalue weighted by Gasteiger charge is 2.17. The van der Waals surface area contributed by atoms with Crippen molar-refractivity contribution in [3.63, 3.8) is 0 Å². The maximum atomic E-state index is 10.6. The minimum Gasteiger partial charge on any atom is -0.395 e. The van der Waals surface area contributed by atoms with E-state index in [4.69, 9.17) is 5.11 Å². The molecule has 0 amide bonds. The van der Waals surface area contributed by atoms with E-state index >= 15 is 0 Å². The highest BCUT2D eigenvalue weighted by atomic mass is 32.2. The zero-order valence-corrected chi connectivity index (χ0v) is 7.09. The van der Waals surface area contributed by atoms with E-state index in [0.29, 0.717) is 0 Å². The average Bonchev–Trinajstić information content (AvgIpc) is 1.82. The molecule has 0 aromatic carbocycles. The van der Waals surface area contributed by atoms with Crippen LogP contribution in [0.4, 0.5) is 0 Å². The van der Waals surface area contributed by atoms with Crippen molar-refractivity contribution in [1.29, 1.82) is 0 Å². The van der Waals surface area contributed by atoms with E-state index in [1.165, 1.54) is 6.92 Å². The molecule has 0 aromatic rings. The van der Waals surface area contributed by atoms with Gasteiger partial charge in [-0.3, -0.25) is 4.79 Å². The van der Waals surface area contributed by atoms with Crippen LogP contribution in [0.1, 0.15) is 6.92 Å². The molecule has 0 heterocycles. The monoisotopic (exact) mass is 182 g/mol. The van der Waals surface area contributed by atoms with E-state index in [9.17, 15) is 13.2 Å². The lowest BCUT2D eigenvalue weighted by molar-refractivity contribution is -0.138. The second kappa shape index (κ2) is 3.68. The summed E-state index contributed by atoms with van der Waals surface area (Å²) in [5, 5.41) is 8.41. The zero-order chi connectivity index (χ0) is 9.07. The van der Waals surface area contributed by atoms with Gasteiger partial charge in [-0.15, -0.1) is 0 Å². The highest BCUT2D eigenvalue weighted by molar-refractivity contribution is 7.86. The maximum absolute atomic E-state index is 10.6. The molecule has 1 N–H and O–H groups in total. The molecule has 0 saturated heterocycles. The first-order valence-corrected chi connectivity index (χ1v) is 4.72. The van der Waals surface area contributed by atoms with Gasteiger partial charge in [-0.2, -0.15) is 8.42 Å². The average molecular weight is 182 g/mol. The van der Waals surface area contributed by atoms with Crippen LogP contribution in [0.3, 0.4) is 0 Å². The molecule has 0 rings (SSSR count). The second-order valence-corrected chi connectivity index (χ2v) is 3.77. The van der Waals surface area contributed by atoms with Crippen molar-refractivity contribution in [2.75, 3.05) is 12.9 Å². The lowest BCUT2D eigenvalue weighted by Crippen LogP contribution is -2.20. The summed E-state index contributed by atoms with van der Waals surface area (Å²) in [7, 11) is -3.74. The number of carbonyl (C=O) groups is 1. The minimum absolute atomic E-state index is 0.422. The first kappa shape index (κ1) is 10.4. The number of hydrogen-bond donors (Lipinski definition) is 1. The fourth-order valence-electron chi connectivity index (χ4n) is 0.306. The molecule has 0 aliphatic heterocycles. The van der Waals surface area contributed by atoms with Gasteiger partial charge in [0.2, 0.25) is 0 Å². The fraction of sp³-hybridized carbons (Fsp3) is 0.800. The molecule has 0 spiro atoms. The molecular formula is C5H10O5S. The largest absolute Gasteiger partial charge is 0.395 e. The van der Waals surface area contributed by atoms with E-state index in [1.807, 2.05) is 0 Å². The Morgan fingerprint density at radius 2 is 2.09 bits per heavy atom. The third-order valence-electron chi connectivity index (χ3n) is 0.910. The Balaban J connectivity index is 4.10. The molecule has 66 valence electrons. The molecule has 1 atom stereocenters. The number of aliphatic hydroxyl groups is 1. The van der Waals surface area contributed by atoms with Gasteiger partial charge >= 0.3 is 16.1 Å². The third-order valence-corrected chi connectivity index (χ3v) is 1.38. The van der Waals surface area contributed by atoms with Crippen LogP contribution in [0.2, 0.25) is 0 Å². The quantitative estimate of drug-likeness (QED) is 0.573. The molecule has 0 aliphatic rings. The molecule has 0 fully saturated rings. The fourth-order valence-corrected chi connectivity index (χ4v) is 0.769. The summed E-state index contributed by atoms with van der Waals surface area (Å²) in [6, 6.07) is 0. The van der Waals surface area contributed by atoms with Crippen molar-refractivity contribution >= 4 is 16.1 Å². The van der Waals surface area contributed by atoms with Crippen LogP contribution in [0.5, 0.6) is 0 Å². The number of rotatable bonds is 3. The SMILES string of the molecule is CC(CO)C(=O)OS(C)(=O)=O. The van der Waals surface area contributed by atoms with Crippen molar-refractivity contribution in [3.05, 3.63) is 0 Å². The van der Waals surface area contributed by atoms with E-state index in [1.54, 1.807) is 0 Å². The van der Waals surface area contributed by atoms with Crippen molar-refractivity contribution in [2.45, 2.75) is 6.92 Å². The molecule has 0 bridgehead atoms. The van der Waals surface area contributed by atoms with Crippen molar-refractivity contribution in [1.82, 2.24) is 0 Å². The molecule has 0 radical (unpaired) electrons. The van der Waals surface area contributed by atoms with Gasteiger partial charge in [0.15, 0.2) is 0 Å². The van der Waals surface area contributed by atoms with Crippen LogP contribution in [-0.4, -0.2) is 32.4 Å². The molecule has 11 heavy (non-hydrogen) atoms. The first-order chi connectivity index (χ1) is 4.87. The van der Waals surface area contributed by atoms with Crippen molar-refractivity contribution in [2.24, 2.45) is 5.92 Å². The van der Waals surface area contributed by atoms with Crippen LogP contribution in [0.15, 0.2) is 0 Å². The Hall–Kier alpha value is -0.620. The Morgan fingerprint density at radius 3 is 2.36 bits per heavy atom. The van der Waals surface area contributed by atoms with Crippen molar-refractivity contribution in [3.8, 4) is 0 Å². The molecular weight excluding hydrogens is 172 g/mol. The summed E-state index contributed by atoms with van der Waals surface area (Å²) in [5.41, 5.74) is 0. The second-order valence-electron chi connectivity index (χ2n) is 2.19. The smallest absolute Gasteiger partial charge is 0.327 e. The summed E-state index contributed by atoms with van der Waals surface area (Å²) < 4.78 is 24.6. The number of aliphatic hydroxyl groups excluding tert-OH is 1. The highest BCUT2D eigenvalue weighted by Crippen LogP contribution is 1.99. The van der Waals surface area contributed by atoms with Crippen LogP contribution < -0.4 is 0 Å².